The molecule has 1 heterocycles. The maximum absolute atomic E-state index is 13.8. The second kappa shape index (κ2) is 6.44. The van der Waals surface area contributed by atoms with E-state index in [9.17, 15) is 8.78 Å². The van der Waals surface area contributed by atoms with Gasteiger partial charge in [-0.1, -0.05) is 19.9 Å². The summed E-state index contributed by atoms with van der Waals surface area (Å²) in [6.07, 6.45) is 0.646. The zero-order valence-corrected chi connectivity index (χ0v) is 11.5. The predicted octanol–water partition coefficient (Wildman–Crippen LogP) is 3.29. The van der Waals surface area contributed by atoms with E-state index in [2.05, 4.69) is 19.2 Å². The van der Waals surface area contributed by atoms with E-state index in [-0.39, 0.29) is 12.0 Å². The number of benzene rings is 1. The van der Waals surface area contributed by atoms with Crippen molar-refractivity contribution in [3.05, 3.63) is 35.4 Å². The molecule has 19 heavy (non-hydrogen) atoms. The van der Waals surface area contributed by atoms with Crippen LogP contribution in [0.1, 0.15) is 31.9 Å². The molecule has 1 aromatic carbocycles. The summed E-state index contributed by atoms with van der Waals surface area (Å²) in [5, 5.41) is 3.38. The Morgan fingerprint density at radius 1 is 1.37 bits per heavy atom. The van der Waals surface area contributed by atoms with Gasteiger partial charge in [-0.2, -0.15) is 0 Å². The molecule has 1 N–H and O–H groups in total. The predicted molar refractivity (Wildman–Crippen MR) is 70.9 cm³/mol. The minimum Gasteiger partial charge on any atom is -0.373 e. The molecule has 4 heteroatoms. The van der Waals surface area contributed by atoms with Crippen LogP contribution in [0.4, 0.5) is 8.78 Å². The van der Waals surface area contributed by atoms with Crippen LogP contribution in [0, 0.1) is 23.5 Å². The molecule has 2 atom stereocenters. The average molecular weight is 269 g/mol. The van der Waals surface area contributed by atoms with E-state index in [1.807, 2.05) is 0 Å². The van der Waals surface area contributed by atoms with Crippen molar-refractivity contribution >= 4 is 0 Å². The minimum atomic E-state index is -0.547. The number of rotatable bonds is 5. The molecular weight excluding hydrogens is 248 g/mol. The first-order chi connectivity index (χ1) is 9.08. The van der Waals surface area contributed by atoms with E-state index in [1.54, 1.807) is 0 Å². The van der Waals surface area contributed by atoms with Crippen molar-refractivity contribution in [2.45, 2.75) is 26.4 Å². The molecule has 1 saturated heterocycles. The summed E-state index contributed by atoms with van der Waals surface area (Å²) in [5.41, 5.74) is 0.468. The summed E-state index contributed by atoms with van der Waals surface area (Å²) in [6.45, 7) is 6.68. The van der Waals surface area contributed by atoms with Crippen LogP contribution in [0.3, 0.4) is 0 Å². The van der Waals surface area contributed by atoms with Crippen LogP contribution < -0.4 is 5.32 Å². The molecule has 1 aliphatic heterocycles. The largest absolute Gasteiger partial charge is 0.373 e. The molecule has 0 spiro atoms. The monoisotopic (exact) mass is 269 g/mol. The number of ether oxygens (including phenoxy) is 1. The molecule has 1 aliphatic rings. The fraction of sp³-hybridized carbons (Fsp3) is 0.600. The summed E-state index contributed by atoms with van der Waals surface area (Å²) >= 11 is 0. The summed E-state index contributed by atoms with van der Waals surface area (Å²) in [7, 11) is 0. The summed E-state index contributed by atoms with van der Waals surface area (Å²) in [6, 6.07) is 3.71. The zero-order chi connectivity index (χ0) is 13.8. The Hall–Kier alpha value is -1.00. The van der Waals surface area contributed by atoms with Gasteiger partial charge in [0.2, 0.25) is 0 Å². The van der Waals surface area contributed by atoms with Gasteiger partial charge in [0.1, 0.15) is 11.6 Å². The lowest BCUT2D eigenvalue weighted by Gasteiger charge is -2.20. The highest BCUT2D eigenvalue weighted by Gasteiger charge is 2.31. The standard InChI is InChI=1S/C15H21F2NO/c1-10(2)8-18-9-11-5-6-19-15(11)13-4-3-12(16)7-14(13)17/h3-4,7,10-11,15,18H,5-6,8-9H2,1-2H3. The minimum absolute atomic E-state index is 0.249. The number of halogens is 2. The lowest BCUT2D eigenvalue weighted by molar-refractivity contribution is 0.0872. The molecule has 0 aromatic heterocycles. The molecule has 106 valence electrons. The number of nitrogens with one attached hydrogen (secondary N) is 1. The maximum Gasteiger partial charge on any atom is 0.131 e. The van der Waals surface area contributed by atoms with Crippen molar-refractivity contribution in [2.75, 3.05) is 19.7 Å². The smallest absolute Gasteiger partial charge is 0.131 e. The summed E-state index contributed by atoms with van der Waals surface area (Å²) < 4.78 is 32.3. The number of hydrogen-bond donors (Lipinski definition) is 1. The van der Waals surface area contributed by atoms with Gasteiger partial charge in [-0.25, -0.2) is 8.78 Å². The quantitative estimate of drug-likeness (QED) is 0.885. The van der Waals surface area contributed by atoms with Gasteiger partial charge in [-0.15, -0.1) is 0 Å². The second-order valence-corrected chi connectivity index (χ2v) is 5.56. The van der Waals surface area contributed by atoms with E-state index >= 15 is 0 Å². The van der Waals surface area contributed by atoms with Gasteiger partial charge in [0.15, 0.2) is 0 Å². The third-order valence-electron chi connectivity index (χ3n) is 3.44. The van der Waals surface area contributed by atoms with E-state index < -0.39 is 11.6 Å². The second-order valence-electron chi connectivity index (χ2n) is 5.56. The molecule has 0 radical (unpaired) electrons. The van der Waals surface area contributed by atoms with Crippen molar-refractivity contribution in [1.29, 1.82) is 0 Å². The summed E-state index contributed by atoms with van der Waals surface area (Å²) in [4.78, 5) is 0. The maximum atomic E-state index is 13.8. The van der Waals surface area contributed by atoms with Crippen LogP contribution in [0.25, 0.3) is 0 Å². The third kappa shape index (κ3) is 3.74. The van der Waals surface area contributed by atoms with Crippen molar-refractivity contribution in [2.24, 2.45) is 11.8 Å². The van der Waals surface area contributed by atoms with Gasteiger partial charge in [0, 0.05) is 30.7 Å². The first-order valence-corrected chi connectivity index (χ1v) is 6.85. The van der Waals surface area contributed by atoms with Crippen LogP contribution in [0.2, 0.25) is 0 Å². The molecule has 0 bridgehead atoms. The highest BCUT2D eigenvalue weighted by atomic mass is 19.1. The van der Waals surface area contributed by atoms with E-state index in [0.29, 0.717) is 18.1 Å². The Balaban J connectivity index is 2.01. The molecule has 2 nitrogen and oxygen atoms in total. The fourth-order valence-electron chi connectivity index (χ4n) is 2.48. The molecule has 1 fully saturated rings. The molecule has 0 saturated carbocycles. The SMILES string of the molecule is CC(C)CNCC1CCOC1c1ccc(F)cc1F. The zero-order valence-electron chi connectivity index (χ0n) is 11.5. The Bertz CT molecular complexity index is 423. The van der Waals surface area contributed by atoms with Gasteiger partial charge in [-0.05, 0) is 24.9 Å². The number of hydrogen-bond acceptors (Lipinski definition) is 2. The van der Waals surface area contributed by atoms with Crippen LogP contribution in [-0.4, -0.2) is 19.7 Å². The van der Waals surface area contributed by atoms with Crippen LogP contribution in [-0.2, 0) is 4.74 Å². The first kappa shape index (κ1) is 14.4. The average Bonchev–Trinajstić information content (AvgIpc) is 2.77. The van der Waals surface area contributed by atoms with Crippen LogP contribution in [0.15, 0.2) is 18.2 Å². The van der Waals surface area contributed by atoms with Crippen LogP contribution in [0.5, 0.6) is 0 Å². The van der Waals surface area contributed by atoms with Gasteiger partial charge in [0.25, 0.3) is 0 Å². The Labute approximate surface area is 113 Å². The molecule has 0 amide bonds. The molecular formula is C15H21F2NO. The van der Waals surface area contributed by atoms with Crippen molar-refractivity contribution in [1.82, 2.24) is 5.32 Å². The van der Waals surface area contributed by atoms with Crippen LogP contribution >= 0.6 is 0 Å². The Morgan fingerprint density at radius 2 is 2.16 bits per heavy atom. The topological polar surface area (TPSA) is 21.3 Å². The molecule has 0 aliphatic carbocycles. The van der Waals surface area contributed by atoms with E-state index in [4.69, 9.17) is 4.74 Å². The molecule has 1 aromatic rings. The molecule has 2 rings (SSSR count). The lowest BCUT2D eigenvalue weighted by atomic mass is 9.94. The Morgan fingerprint density at radius 3 is 2.84 bits per heavy atom. The van der Waals surface area contributed by atoms with Gasteiger partial charge in [0.05, 0.1) is 6.10 Å². The summed E-state index contributed by atoms with van der Waals surface area (Å²) in [5.74, 6) is -0.225. The first-order valence-electron chi connectivity index (χ1n) is 6.85. The van der Waals surface area contributed by atoms with E-state index in [1.165, 1.54) is 12.1 Å². The van der Waals surface area contributed by atoms with Gasteiger partial charge in [-0.3, -0.25) is 0 Å². The highest BCUT2D eigenvalue weighted by Crippen LogP contribution is 2.35. The lowest BCUT2D eigenvalue weighted by Crippen LogP contribution is -2.28. The van der Waals surface area contributed by atoms with Gasteiger partial charge < -0.3 is 10.1 Å². The highest BCUT2D eigenvalue weighted by molar-refractivity contribution is 5.22. The van der Waals surface area contributed by atoms with Crippen molar-refractivity contribution < 1.29 is 13.5 Å². The van der Waals surface area contributed by atoms with E-state index in [0.717, 1.165) is 25.6 Å². The normalized spacial score (nSPS) is 23.2. The van der Waals surface area contributed by atoms with Gasteiger partial charge >= 0.3 is 0 Å². The third-order valence-corrected chi connectivity index (χ3v) is 3.44. The van der Waals surface area contributed by atoms with Crippen molar-refractivity contribution in [3.8, 4) is 0 Å². The fourth-order valence-corrected chi connectivity index (χ4v) is 2.48. The Kier molecular flexibility index (Phi) is 4.88. The molecule has 2 unspecified atom stereocenters. The van der Waals surface area contributed by atoms with Crippen molar-refractivity contribution in [3.63, 3.8) is 0 Å².